The number of carbonyl (C=O) groups is 2. The quantitative estimate of drug-likeness (QED) is 0.774. The summed E-state index contributed by atoms with van der Waals surface area (Å²) >= 11 is 3.35. The van der Waals surface area contributed by atoms with Gasteiger partial charge in [-0.15, -0.1) is 0 Å². The highest BCUT2D eigenvalue weighted by Crippen LogP contribution is 2.19. The zero-order chi connectivity index (χ0) is 18.4. The highest BCUT2D eigenvalue weighted by atomic mass is 79.9. The molecule has 0 atom stereocenters. The van der Waals surface area contributed by atoms with Gasteiger partial charge < -0.3 is 10.6 Å². The molecule has 6 heteroatoms. The zero-order valence-electron chi connectivity index (χ0n) is 14.6. The first-order valence-corrected chi connectivity index (χ1v) is 8.74. The molecule has 0 fully saturated rings. The first kappa shape index (κ1) is 19.1. The van der Waals surface area contributed by atoms with Crippen LogP contribution in [0.1, 0.15) is 11.1 Å². The largest absolute Gasteiger partial charge is 0.325 e. The summed E-state index contributed by atoms with van der Waals surface area (Å²) in [6, 6.07) is 13.2. The van der Waals surface area contributed by atoms with Crippen LogP contribution in [0.3, 0.4) is 0 Å². The molecular weight excluding hydrogens is 382 g/mol. The molecule has 2 amide bonds. The van der Waals surface area contributed by atoms with E-state index in [1.165, 1.54) is 0 Å². The number of hydrogen-bond donors (Lipinski definition) is 2. The summed E-state index contributed by atoms with van der Waals surface area (Å²) in [6.07, 6.45) is 0. The van der Waals surface area contributed by atoms with Crippen molar-refractivity contribution < 1.29 is 9.59 Å². The summed E-state index contributed by atoms with van der Waals surface area (Å²) in [4.78, 5) is 26.0. The normalized spacial score (nSPS) is 10.6. The Hall–Kier alpha value is -2.18. The molecule has 0 heterocycles. The third kappa shape index (κ3) is 5.99. The number of anilines is 2. The Morgan fingerprint density at radius 2 is 1.44 bits per heavy atom. The second kappa shape index (κ2) is 8.78. The van der Waals surface area contributed by atoms with Gasteiger partial charge >= 0.3 is 0 Å². The Bertz CT molecular complexity index is 740. The average molecular weight is 404 g/mol. The molecule has 0 unspecified atom stereocenters. The van der Waals surface area contributed by atoms with Crippen molar-refractivity contribution >= 4 is 39.1 Å². The fourth-order valence-electron chi connectivity index (χ4n) is 2.47. The Morgan fingerprint density at radius 1 is 0.920 bits per heavy atom. The monoisotopic (exact) mass is 403 g/mol. The maximum absolute atomic E-state index is 12.2. The van der Waals surface area contributed by atoms with Gasteiger partial charge in [0.1, 0.15) is 0 Å². The van der Waals surface area contributed by atoms with Gasteiger partial charge in [0.15, 0.2) is 0 Å². The van der Waals surface area contributed by atoms with Gasteiger partial charge in [-0.05, 0) is 56.3 Å². The van der Waals surface area contributed by atoms with Crippen molar-refractivity contribution in [2.24, 2.45) is 0 Å². The summed E-state index contributed by atoms with van der Waals surface area (Å²) in [6.45, 7) is 4.19. The number of benzene rings is 2. The van der Waals surface area contributed by atoms with Crippen molar-refractivity contribution in [2.45, 2.75) is 13.8 Å². The van der Waals surface area contributed by atoms with Gasteiger partial charge in [-0.25, -0.2) is 0 Å². The minimum atomic E-state index is -0.162. The van der Waals surface area contributed by atoms with Crippen LogP contribution < -0.4 is 10.6 Å². The van der Waals surface area contributed by atoms with E-state index >= 15 is 0 Å². The minimum absolute atomic E-state index is 0.135. The topological polar surface area (TPSA) is 61.4 Å². The van der Waals surface area contributed by atoms with E-state index in [0.29, 0.717) is 0 Å². The fourth-order valence-corrected chi connectivity index (χ4v) is 2.73. The Kier molecular flexibility index (Phi) is 6.73. The fraction of sp³-hybridized carbons (Fsp3) is 0.263. The first-order valence-electron chi connectivity index (χ1n) is 7.95. The number of rotatable bonds is 6. The van der Waals surface area contributed by atoms with Crippen molar-refractivity contribution in [2.75, 3.05) is 30.8 Å². The smallest absolute Gasteiger partial charge is 0.238 e. The molecule has 0 spiro atoms. The summed E-state index contributed by atoms with van der Waals surface area (Å²) in [5.41, 5.74) is 3.59. The molecule has 132 valence electrons. The molecule has 0 radical (unpaired) electrons. The van der Waals surface area contributed by atoms with E-state index in [9.17, 15) is 9.59 Å². The number of para-hydroxylation sites is 1. The van der Waals surface area contributed by atoms with Crippen molar-refractivity contribution in [1.82, 2.24) is 4.90 Å². The van der Waals surface area contributed by atoms with E-state index in [1.807, 2.05) is 56.3 Å². The lowest BCUT2D eigenvalue weighted by molar-refractivity contribution is -0.119. The van der Waals surface area contributed by atoms with Gasteiger partial charge in [-0.3, -0.25) is 14.5 Å². The van der Waals surface area contributed by atoms with Crippen LogP contribution in [0.5, 0.6) is 0 Å². The number of nitrogens with zero attached hydrogens (tertiary/aromatic N) is 1. The van der Waals surface area contributed by atoms with Gasteiger partial charge in [-0.1, -0.05) is 34.1 Å². The van der Waals surface area contributed by atoms with Crippen LogP contribution >= 0.6 is 15.9 Å². The molecule has 0 bridgehead atoms. The maximum Gasteiger partial charge on any atom is 0.238 e. The molecule has 0 aliphatic rings. The van der Waals surface area contributed by atoms with Crippen LogP contribution in [0.25, 0.3) is 0 Å². The number of nitrogens with one attached hydrogen (secondary N) is 2. The van der Waals surface area contributed by atoms with E-state index in [1.54, 1.807) is 11.9 Å². The molecule has 2 aromatic carbocycles. The molecule has 2 N–H and O–H groups in total. The van der Waals surface area contributed by atoms with Crippen molar-refractivity contribution in [1.29, 1.82) is 0 Å². The van der Waals surface area contributed by atoms with Gasteiger partial charge in [0.25, 0.3) is 0 Å². The molecule has 0 aliphatic carbocycles. The third-order valence-electron chi connectivity index (χ3n) is 3.70. The van der Waals surface area contributed by atoms with Crippen LogP contribution in [-0.2, 0) is 9.59 Å². The molecule has 0 saturated carbocycles. The summed E-state index contributed by atoms with van der Waals surface area (Å²) < 4.78 is 0.950. The van der Waals surface area contributed by atoms with Crippen LogP contribution in [0.4, 0.5) is 11.4 Å². The summed E-state index contributed by atoms with van der Waals surface area (Å²) in [5, 5.41) is 5.73. The number of halogens is 1. The Balaban J connectivity index is 1.84. The van der Waals surface area contributed by atoms with Crippen LogP contribution in [0.15, 0.2) is 46.9 Å². The molecule has 2 aromatic rings. The number of carbonyl (C=O) groups excluding carboxylic acids is 2. The van der Waals surface area contributed by atoms with Crippen molar-refractivity contribution in [3.05, 3.63) is 58.1 Å². The third-order valence-corrected chi connectivity index (χ3v) is 4.23. The minimum Gasteiger partial charge on any atom is -0.325 e. The van der Waals surface area contributed by atoms with Crippen molar-refractivity contribution in [3.8, 4) is 0 Å². The van der Waals surface area contributed by atoms with E-state index < -0.39 is 0 Å². The van der Waals surface area contributed by atoms with E-state index in [4.69, 9.17) is 0 Å². The van der Waals surface area contributed by atoms with Crippen LogP contribution in [0.2, 0.25) is 0 Å². The van der Waals surface area contributed by atoms with Gasteiger partial charge in [-0.2, -0.15) is 0 Å². The van der Waals surface area contributed by atoms with E-state index in [0.717, 1.165) is 27.0 Å². The molecular formula is C19H22BrN3O2. The summed E-state index contributed by atoms with van der Waals surface area (Å²) in [5.74, 6) is -0.305. The SMILES string of the molecule is Cc1cccc(C)c1NC(=O)CN(C)CC(=O)Nc1ccc(Br)cc1. The molecule has 2 rings (SSSR count). The van der Waals surface area contributed by atoms with Gasteiger partial charge in [0, 0.05) is 15.8 Å². The van der Waals surface area contributed by atoms with Gasteiger partial charge in [0.2, 0.25) is 11.8 Å². The Labute approximate surface area is 156 Å². The lowest BCUT2D eigenvalue weighted by Gasteiger charge is -2.17. The standard InChI is InChI=1S/C19H22BrN3O2/c1-13-5-4-6-14(2)19(13)22-18(25)12-23(3)11-17(24)21-16-9-7-15(20)8-10-16/h4-10H,11-12H2,1-3H3,(H,21,24)(H,22,25). The average Bonchev–Trinajstić information content (AvgIpc) is 2.53. The van der Waals surface area contributed by atoms with Crippen LogP contribution in [-0.4, -0.2) is 36.9 Å². The lowest BCUT2D eigenvalue weighted by atomic mass is 10.1. The predicted molar refractivity (Wildman–Crippen MR) is 105 cm³/mol. The maximum atomic E-state index is 12.2. The first-order chi connectivity index (χ1) is 11.8. The molecule has 5 nitrogen and oxygen atoms in total. The number of aryl methyl sites for hydroxylation is 2. The number of likely N-dealkylation sites (N-methyl/N-ethyl adjacent to an activating group) is 1. The zero-order valence-corrected chi connectivity index (χ0v) is 16.2. The molecule has 0 aromatic heterocycles. The highest BCUT2D eigenvalue weighted by molar-refractivity contribution is 9.10. The Morgan fingerprint density at radius 3 is 2.00 bits per heavy atom. The summed E-state index contributed by atoms with van der Waals surface area (Å²) in [7, 11) is 1.74. The lowest BCUT2D eigenvalue weighted by Crippen LogP contribution is -2.36. The molecule has 25 heavy (non-hydrogen) atoms. The predicted octanol–water partition coefficient (Wildman–Crippen LogP) is 3.57. The molecule has 0 aliphatic heterocycles. The number of amides is 2. The van der Waals surface area contributed by atoms with Crippen molar-refractivity contribution in [3.63, 3.8) is 0 Å². The second-order valence-corrected chi connectivity index (χ2v) is 6.96. The molecule has 0 saturated heterocycles. The second-order valence-electron chi connectivity index (χ2n) is 6.04. The van der Waals surface area contributed by atoms with E-state index in [-0.39, 0.29) is 24.9 Å². The number of hydrogen-bond acceptors (Lipinski definition) is 3. The van der Waals surface area contributed by atoms with Gasteiger partial charge in [0.05, 0.1) is 13.1 Å². The van der Waals surface area contributed by atoms with Crippen LogP contribution in [0, 0.1) is 13.8 Å². The van der Waals surface area contributed by atoms with E-state index in [2.05, 4.69) is 26.6 Å². The highest BCUT2D eigenvalue weighted by Gasteiger charge is 2.12.